The minimum Gasteiger partial charge on any atom is -0.493 e. The smallest absolute Gasteiger partial charge is 0.326 e. The van der Waals surface area contributed by atoms with Gasteiger partial charge in [0.05, 0.1) is 24.8 Å². The molecule has 0 radical (unpaired) electrons. The Hall–Kier alpha value is -3.66. The number of hydrogen-bond acceptors (Lipinski definition) is 6. The molecule has 3 amide bonds. The Morgan fingerprint density at radius 2 is 1.60 bits per heavy atom. The van der Waals surface area contributed by atoms with Gasteiger partial charge in [0, 0.05) is 59.6 Å². The number of amides is 3. The van der Waals surface area contributed by atoms with E-state index in [1.807, 2.05) is 73.3 Å². The molecule has 2 aromatic carbocycles. The third-order valence-corrected chi connectivity index (χ3v) is 8.88. The first kappa shape index (κ1) is 32.7. The molecule has 3 aromatic rings. The maximum Gasteiger partial charge on any atom is 0.326 e. The van der Waals surface area contributed by atoms with Gasteiger partial charge in [-0.1, -0.05) is 68.2 Å². The van der Waals surface area contributed by atoms with E-state index in [0.717, 1.165) is 16.8 Å². The molecule has 0 aliphatic carbocycles. The fourth-order valence-electron chi connectivity index (χ4n) is 5.99. The van der Waals surface area contributed by atoms with E-state index in [9.17, 15) is 9.59 Å². The molecule has 1 saturated heterocycles. The number of pyridine rings is 1. The molecule has 9 nitrogen and oxygen atoms in total. The van der Waals surface area contributed by atoms with Gasteiger partial charge in [-0.05, 0) is 49.2 Å². The predicted octanol–water partition coefficient (Wildman–Crippen LogP) is 6.03. The number of hydrogen-bond donors (Lipinski definition) is 1. The second kappa shape index (κ2) is 13.0. The molecular weight excluding hydrogens is 611 g/mol. The Bertz CT molecular complexity index is 1580. The SMILES string of the molecule is CCOc1cc(C(C)(C)C)ncc1C1=N[C@@](C)(c2ccc(Cl)cc2)C(c2ccc(Cl)cc2)N1C(=O)N1CCN(CC(N)=O)CC1. The van der Waals surface area contributed by atoms with Crippen LogP contribution < -0.4 is 10.5 Å². The lowest BCUT2D eigenvalue weighted by Gasteiger charge is -2.40. The molecule has 45 heavy (non-hydrogen) atoms. The first-order valence-electron chi connectivity index (χ1n) is 15.2. The number of amidine groups is 1. The van der Waals surface area contributed by atoms with Crippen LogP contribution in [-0.4, -0.2) is 76.8 Å². The van der Waals surface area contributed by atoms with Gasteiger partial charge in [0.25, 0.3) is 0 Å². The summed E-state index contributed by atoms with van der Waals surface area (Å²) in [5.41, 5.74) is 7.57. The molecular formula is C34H40Cl2N6O3. The van der Waals surface area contributed by atoms with Crippen LogP contribution >= 0.6 is 23.2 Å². The van der Waals surface area contributed by atoms with Crippen molar-refractivity contribution < 1.29 is 14.3 Å². The summed E-state index contributed by atoms with van der Waals surface area (Å²) < 4.78 is 6.20. The summed E-state index contributed by atoms with van der Waals surface area (Å²) in [7, 11) is 0. The van der Waals surface area contributed by atoms with Crippen LogP contribution in [0.1, 0.15) is 63.0 Å². The van der Waals surface area contributed by atoms with Crippen molar-refractivity contribution >= 4 is 41.0 Å². The van der Waals surface area contributed by atoms with Crippen molar-refractivity contribution in [2.45, 2.75) is 51.6 Å². The maximum absolute atomic E-state index is 14.8. The first-order valence-corrected chi connectivity index (χ1v) is 15.9. The van der Waals surface area contributed by atoms with E-state index >= 15 is 0 Å². The van der Waals surface area contributed by atoms with E-state index in [1.165, 1.54) is 0 Å². The molecule has 1 fully saturated rings. The molecule has 1 aromatic heterocycles. The Labute approximate surface area is 275 Å². The molecule has 2 atom stereocenters. The third-order valence-electron chi connectivity index (χ3n) is 8.37. The number of benzene rings is 2. The van der Waals surface area contributed by atoms with E-state index in [4.69, 9.17) is 43.6 Å². The number of aromatic nitrogens is 1. The standard InChI is InChI=1S/C34H40Cl2N6O3/c1-6-45-27-19-28(33(2,3)4)38-20-26(27)31-39-34(5,23-9-13-25(36)14-10-23)30(22-7-11-24(35)12-8-22)42(31)32(44)41-17-15-40(16-18-41)21-29(37)43/h7-14,19-20,30H,6,15-18,21H2,1-5H3,(H2,37,43)/t30?,34-/m0/s1. The predicted molar refractivity (Wildman–Crippen MR) is 178 cm³/mol. The highest BCUT2D eigenvalue weighted by Crippen LogP contribution is 2.50. The maximum atomic E-state index is 14.8. The molecule has 0 spiro atoms. The molecule has 3 heterocycles. The van der Waals surface area contributed by atoms with Crippen molar-refractivity contribution in [3.05, 3.63) is 93.2 Å². The fraction of sp³-hybridized carbons (Fsp3) is 0.412. The normalized spacial score (nSPS) is 20.7. The summed E-state index contributed by atoms with van der Waals surface area (Å²) >= 11 is 12.6. The third kappa shape index (κ3) is 6.81. The zero-order chi connectivity index (χ0) is 32.5. The first-order chi connectivity index (χ1) is 21.3. The number of aliphatic imine (C=N–C) groups is 1. The summed E-state index contributed by atoms with van der Waals surface area (Å²) in [5, 5.41) is 1.20. The molecule has 238 valence electrons. The molecule has 0 saturated carbocycles. The average molecular weight is 652 g/mol. The Morgan fingerprint density at radius 3 is 2.16 bits per heavy atom. The van der Waals surface area contributed by atoms with Crippen molar-refractivity contribution in [3.63, 3.8) is 0 Å². The Balaban J connectivity index is 1.69. The van der Waals surface area contributed by atoms with Crippen molar-refractivity contribution in [2.24, 2.45) is 10.7 Å². The van der Waals surface area contributed by atoms with Gasteiger partial charge < -0.3 is 15.4 Å². The molecule has 11 heteroatoms. The minimum atomic E-state index is -0.913. The monoisotopic (exact) mass is 650 g/mol. The van der Waals surface area contributed by atoms with Crippen molar-refractivity contribution in [2.75, 3.05) is 39.3 Å². The van der Waals surface area contributed by atoms with Crippen LogP contribution in [0, 0.1) is 0 Å². The van der Waals surface area contributed by atoms with Gasteiger partial charge in [0.15, 0.2) is 0 Å². The average Bonchev–Trinajstić information content (AvgIpc) is 3.31. The van der Waals surface area contributed by atoms with Crippen LogP contribution in [0.5, 0.6) is 5.75 Å². The summed E-state index contributed by atoms with van der Waals surface area (Å²) in [6.07, 6.45) is 1.77. The van der Waals surface area contributed by atoms with Crippen molar-refractivity contribution in [1.29, 1.82) is 0 Å². The highest BCUT2D eigenvalue weighted by atomic mass is 35.5. The van der Waals surface area contributed by atoms with Crippen LogP contribution in [0.4, 0.5) is 4.79 Å². The van der Waals surface area contributed by atoms with Gasteiger partial charge in [-0.15, -0.1) is 0 Å². The number of halogens is 2. The molecule has 5 rings (SSSR count). The summed E-state index contributed by atoms with van der Waals surface area (Å²) in [6, 6.07) is 16.3. The van der Waals surface area contributed by atoms with Crippen LogP contribution in [-0.2, 0) is 15.7 Å². The summed E-state index contributed by atoms with van der Waals surface area (Å²) in [5.74, 6) is 0.684. The lowest BCUT2D eigenvalue weighted by molar-refractivity contribution is -0.119. The van der Waals surface area contributed by atoms with Gasteiger partial charge in [-0.3, -0.25) is 24.6 Å². The van der Waals surface area contributed by atoms with E-state index in [1.54, 1.807) is 16.0 Å². The topological polar surface area (TPSA) is 104 Å². The highest BCUT2D eigenvalue weighted by molar-refractivity contribution is 6.30. The zero-order valence-corrected chi connectivity index (χ0v) is 27.9. The number of nitrogens with zero attached hydrogens (tertiary/aromatic N) is 5. The molecule has 2 N–H and O–H groups in total. The Kier molecular flexibility index (Phi) is 9.44. The van der Waals surface area contributed by atoms with E-state index < -0.39 is 11.6 Å². The van der Waals surface area contributed by atoms with Crippen LogP contribution in [0.25, 0.3) is 0 Å². The van der Waals surface area contributed by atoms with E-state index in [0.29, 0.717) is 60.0 Å². The molecule has 2 aliphatic rings. The van der Waals surface area contributed by atoms with Crippen molar-refractivity contribution in [3.8, 4) is 5.75 Å². The fourth-order valence-corrected chi connectivity index (χ4v) is 6.24. The van der Waals surface area contributed by atoms with Gasteiger partial charge in [0.2, 0.25) is 5.91 Å². The number of nitrogens with two attached hydrogens (primary N) is 1. The van der Waals surface area contributed by atoms with Crippen LogP contribution in [0.3, 0.4) is 0 Å². The van der Waals surface area contributed by atoms with Gasteiger partial charge in [-0.25, -0.2) is 4.79 Å². The van der Waals surface area contributed by atoms with Crippen LogP contribution in [0.2, 0.25) is 10.0 Å². The van der Waals surface area contributed by atoms with Gasteiger partial charge >= 0.3 is 6.03 Å². The number of urea groups is 1. The molecule has 0 bridgehead atoms. The van der Waals surface area contributed by atoms with Crippen LogP contribution in [0.15, 0.2) is 65.8 Å². The Morgan fingerprint density at radius 1 is 1.00 bits per heavy atom. The van der Waals surface area contributed by atoms with Gasteiger partial charge in [-0.2, -0.15) is 0 Å². The number of rotatable bonds is 7. The minimum absolute atomic E-state index is 0.157. The largest absolute Gasteiger partial charge is 0.493 e. The number of carbonyl (C=O) groups is 2. The van der Waals surface area contributed by atoms with E-state index in [2.05, 4.69) is 20.8 Å². The van der Waals surface area contributed by atoms with Gasteiger partial charge in [0.1, 0.15) is 17.1 Å². The molecule has 1 unspecified atom stereocenters. The zero-order valence-electron chi connectivity index (χ0n) is 26.4. The lowest BCUT2D eigenvalue weighted by Crippen LogP contribution is -2.55. The second-order valence-corrected chi connectivity index (χ2v) is 13.5. The number of piperazine rings is 1. The summed E-state index contributed by atoms with van der Waals surface area (Å²) in [6.45, 7) is 12.8. The number of primary amides is 1. The van der Waals surface area contributed by atoms with Crippen molar-refractivity contribution in [1.82, 2.24) is 19.7 Å². The molecule has 2 aliphatic heterocycles. The number of carbonyl (C=O) groups excluding carboxylic acids is 2. The second-order valence-electron chi connectivity index (χ2n) is 12.7. The summed E-state index contributed by atoms with van der Waals surface area (Å²) in [4.78, 5) is 42.1. The quantitative estimate of drug-likeness (QED) is 0.336. The van der Waals surface area contributed by atoms with E-state index in [-0.39, 0.29) is 23.9 Å². The lowest BCUT2D eigenvalue weighted by atomic mass is 9.81. The number of ether oxygens (including phenoxy) is 1. The highest BCUT2D eigenvalue weighted by Gasteiger charge is 2.52.